The van der Waals surface area contributed by atoms with Crippen LogP contribution in [0.25, 0.3) is 0 Å². The largest absolute Gasteiger partial charge is 0.496 e. The Balaban J connectivity index is 1.51. The van der Waals surface area contributed by atoms with E-state index in [-0.39, 0.29) is 23.9 Å². The first kappa shape index (κ1) is 26.1. The molecule has 0 radical (unpaired) electrons. The van der Waals surface area contributed by atoms with E-state index in [0.29, 0.717) is 25.3 Å². The lowest BCUT2D eigenvalue weighted by molar-refractivity contribution is -0.142. The van der Waals surface area contributed by atoms with E-state index in [4.69, 9.17) is 14.2 Å². The number of carbonyl (C=O) groups excluding carboxylic acids is 1. The minimum absolute atomic E-state index is 0.0312. The topological polar surface area (TPSA) is 51.2 Å². The smallest absolute Gasteiger partial charge is 0.240 e. The number of rotatable bonds is 7. The number of nitrogens with zero attached hydrogens (tertiary/aromatic N) is 2. The molecule has 1 unspecified atom stereocenters. The molecule has 38 heavy (non-hydrogen) atoms. The molecule has 0 saturated heterocycles. The van der Waals surface area contributed by atoms with Gasteiger partial charge in [0, 0.05) is 25.2 Å². The van der Waals surface area contributed by atoms with E-state index in [0.717, 1.165) is 35.6 Å². The lowest BCUT2D eigenvalue weighted by Gasteiger charge is -2.44. The standard InChI is InChI=1S/C32H38N2O4/c1-21(2)31-26-18-30(38-5)29(37-4)17-23(26)14-15-34(31)32(35)27-16-22-10-6-7-11-24(22)19-33(27)20-25-12-8-9-13-28(25)36-3/h6-13,17-18,21,27,31H,14-16,19-20H2,1-5H3/t27?,31-/m0/s1. The zero-order chi connectivity index (χ0) is 26.8. The molecule has 2 heterocycles. The molecule has 1 amide bonds. The van der Waals surface area contributed by atoms with Crippen LogP contribution in [0.1, 0.15) is 47.7 Å². The lowest BCUT2D eigenvalue weighted by atomic mass is 9.84. The molecular weight excluding hydrogens is 476 g/mol. The molecule has 0 spiro atoms. The van der Waals surface area contributed by atoms with Gasteiger partial charge in [-0.25, -0.2) is 0 Å². The third kappa shape index (κ3) is 4.85. The normalized spacial score (nSPS) is 19.1. The van der Waals surface area contributed by atoms with Gasteiger partial charge in [-0.1, -0.05) is 56.3 Å². The molecule has 2 aliphatic rings. The number of para-hydroxylation sites is 1. The number of fused-ring (bicyclic) bond motifs is 2. The Morgan fingerprint density at radius 2 is 1.53 bits per heavy atom. The number of methoxy groups -OCH3 is 3. The summed E-state index contributed by atoms with van der Waals surface area (Å²) < 4.78 is 16.9. The summed E-state index contributed by atoms with van der Waals surface area (Å²) in [5.74, 6) is 2.73. The van der Waals surface area contributed by atoms with Gasteiger partial charge in [-0.05, 0) is 59.2 Å². The number of amides is 1. The van der Waals surface area contributed by atoms with Crippen molar-refractivity contribution in [1.29, 1.82) is 0 Å². The van der Waals surface area contributed by atoms with Gasteiger partial charge >= 0.3 is 0 Å². The lowest BCUT2D eigenvalue weighted by Crippen LogP contribution is -2.54. The number of benzene rings is 3. The van der Waals surface area contributed by atoms with Gasteiger partial charge in [0.2, 0.25) is 5.91 Å². The van der Waals surface area contributed by atoms with Gasteiger partial charge in [-0.2, -0.15) is 0 Å². The Hall–Kier alpha value is -3.51. The summed E-state index contributed by atoms with van der Waals surface area (Å²) in [5, 5.41) is 0. The van der Waals surface area contributed by atoms with Crippen molar-refractivity contribution in [3.8, 4) is 17.2 Å². The van der Waals surface area contributed by atoms with Crippen molar-refractivity contribution >= 4 is 5.91 Å². The van der Waals surface area contributed by atoms with Crippen LogP contribution in [0, 0.1) is 5.92 Å². The summed E-state index contributed by atoms with van der Waals surface area (Å²) in [6.07, 6.45) is 1.49. The molecule has 200 valence electrons. The van der Waals surface area contributed by atoms with Crippen LogP contribution < -0.4 is 14.2 Å². The Bertz CT molecular complexity index is 1300. The first-order chi connectivity index (χ1) is 18.4. The minimum Gasteiger partial charge on any atom is -0.496 e. The van der Waals surface area contributed by atoms with Crippen LogP contribution >= 0.6 is 0 Å². The summed E-state index contributed by atoms with van der Waals surface area (Å²) in [4.78, 5) is 19.0. The molecule has 0 aliphatic carbocycles. The Morgan fingerprint density at radius 3 is 2.24 bits per heavy atom. The molecule has 2 aliphatic heterocycles. The predicted octanol–water partition coefficient (Wildman–Crippen LogP) is 5.42. The molecule has 3 aromatic carbocycles. The van der Waals surface area contributed by atoms with Gasteiger partial charge in [-0.3, -0.25) is 9.69 Å². The molecule has 0 bridgehead atoms. The van der Waals surface area contributed by atoms with Gasteiger partial charge in [0.15, 0.2) is 11.5 Å². The summed E-state index contributed by atoms with van der Waals surface area (Å²) >= 11 is 0. The molecule has 0 aromatic heterocycles. The van der Waals surface area contributed by atoms with Gasteiger partial charge in [0.25, 0.3) is 0 Å². The molecule has 2 atom stereocenters. The van der Waals surface area contributed by atoms with Gasteiger partial charge in [0.05, 0.1) is 33.4 Å². The Morgan fingerprint density at radius 1 is 0.868 bits per heavy atom. The quantitative estimate of drug-likeness (QED) is 0.421. The summed E-state index contributed by atoms with van der Waals surface area (Å²) in [5.41, 5.74) is 6.02. The Labute approximate surface area is 226 Å². The van der Waals surface area contributed by atoms with E-state index >= 15 is 0 Å². The molecule has 5 rings (SSSR count). The minimum atomic E-state index is -0.252. The van der Waals surface area contributed by atoms with Crippen molar-refractivity contribution in [2.45, 2.75) is 51.9 Å². The van der Waals surface area contributed by atoms with Crippen molar-refractivity contribution in [3.05, 3.63) is 88.5 Å². The van der Waals surface area contributed by atoms with Crippen molar-refractivity contribution in [3.63, 3.8) is 0 Å². The third-order valence-corrected chi connectivity index (χ3v) is 8.03. The molecule has 0 fully saturated rings. The summed E-state index contributed by atoms with van der Waals surface area (Å²) in [6, 6.07) is 20.5. The highest BCUT2D eigenvalue weighted by molar-refractivity contribution is 5.83. The zero-order valence-corrected chi connectivity index (χ0v) is 23.1. The number of carbonyl (C=O) groups is 1. The van der Waals surface area contributed by atoms with Crippen LogP contribution in [-0.2, 0) is 30.7 Å². The second-order valence-corrected chi connectivity index (χ2v) is 10.6. The first-order valence-electron chi connectivity index (χ1n) is 13.4. The fourth-order valence-electron chi connectivity index (χ4n) is 6.17. The summed E-state index contributed by atoms with van der Waals surface area (Å²) in [6.45, 7) is 6.45. The SMILES string of the molecule is COc1ccccc1CN1Cc2ccccc2CC1C(=O)N1CCc2cc(OC)c(OC)cc2[C@@H]1C(C)C. The molecule has 3 aromatic rings. The first-order valence-corrected chi connectivity index (χ1v) is 13.4. The van der Waals surface area contributed by atoms with E-state index < -0.39 is 0 Å². The fourth-order valence-corrected chi connectivity index (χ4v) is 6.17. The van der Waals surface area contributed by atoms with Crippen LogP contribution in [0.4, 0.5) is 0 Å². The van der Waals surface area contributed by atoms with Crippen LogP contribution in [0.15, 0.2) is 60.7 Å². The maximum Gasteiger partial charge on any atom is 0.240 e. The third-order valence-electron chi connectivity index (χ3n) is 8.03. The van der Waals surface area contributed by atoms with Crippen molar-refractivity contribution < 1.29 is 19.0 Å². The van der Waals surface area contributed by atoms with Gasteiger partial charge in [0.1, 0.15) is 5.75 Å². The highest BCUT2D eigenvalue weighted by Crippen LogP contribution is 2.42. The molecule has 0 N–H and O–H groups in total. The van der Waals surface area contributed by atoms with Crippen LogP contribution in [0.3, 0.4) is 0 Å². The predicted molar refractivity (Wildman–Crippen MR) is 149 cm³/mol. The Kier molecular flexibility index (Phi) is 7.61. The molecule has 6 heteroatoms. The molecular formula is C32H38N2O4. The molecule has 0 saturated carbocycles. The van der Waals surface area contributed by atoms with Gasteiger partial charge < -0.3 is 19.1 Å². The average molecular weight is 515 g/mol. The number of hydrogen-bond acceptors (Lipinski definition) is 5. The van der Waals surface area contributed by atoms with E-state index in [1.165, 1.54) is 16.7 Å². The van der Waals surface area contributed by atoms with E-state index in [2.05, 4.69) is 66.1 Å². The van der Waals surface area contributed by atoms with Crippen molar-refractivity contribution in [2.24, 2.45) is 5.92 Å². The second kappa shape index (κ2) is 11.1. The van der Waals surface area contributed by atoms with Crippen molar-refractivity contribution in [2.75, 3.05) is 27.9 Å². The van der Waals surface area contributed by atoms with Crippen LogP contribution in [0.2, 0.25) is 0 Å². The van der Waals surface area contributed by atoms with E-state index in [9.17, 15) is 4.79 Å². The van der Waals surface area contributed by atoms with E-state index in [1.54, 1.807) is 21.3 Å². The highest BCUT2D eigenvalue weighted by Gasteiger charge is 2.40. The van der Waals surface area contributed by atoms with Gasteiger partial charge in [-0.15, -0.1) is 0 Å². The maximum absolute atomic E-state index is 14.5. The number of hydrogen-bond donors (Lipinski definition) is 0. The maximum atomic E-state index is 14.5. The zero-order valence-electron chi connectivity index (χ0n) is 23.1. The molecule has 6 nitrogen and oxygen atoms in total. The van der Waals surface area contributed by atoms with Crippen LogP contribution in [-0.4, -0.2) is 49.6 Å². The summed E-state index contributed by atoms with van der Waals surface area (Å²) in [7, 11) is 5.03. The second-order valence-electron chi connectivity index (χ2n) is 10.6. The highest BCUT2D eigenvalue weighted by atomic mass is 16.5. The van der Waals surface area contributed by atoms with Crippen LogP contribution in [0.5, 0.6) is 17.2 Å². The fraction of sp³-hybridized carbons (Fsp3) is 0.406. The average Bonchev–Trinajstić information content (AvgIpc) is 2.95. The van der Waals surface area contributed by atoms with Crippen molar-refractivity contribution in [1.82, 2.24) is 9.80 Å². The number of ether oxygens (including phenoxy) is 3. The van der Waals surface area contributed by atoms with E-state index in [1.807, 2.05) is 18.2 Å². The monoisotopic (exact) mass is 514 g/mol.